The van der Waals surface area contributed by atoms with Gasteiger partial charge in [-0.2, -0.15) is 0 Å². The molecule has 114 valence electrons. The lowest BCUT2D eigenvalue weighted by atomic mass is 10.2. The first-order valence-corrected chi connectivity index (χ1v) is 8.23. The van der Waals surface area contributed by atoms with Gasteiger partial charge in [0.25, 0.3) is 0 Å². The summed E-state index contributed by atoms with van der Waals surface area (Å²) < 4.78 is 21.0. The Hall–Kier alpha value is -0.890. The number of fused-ring (bicyclic) bond motifs is 1. The molecule has 1 aromatic heterocycles. The van der Waals surface area contributed by atoms with E-state index >= 15 is 0 Å². The molecule has 2 aromatic rings. The van der Waals surface area contributed by atoms with Crippen LogP contribution in [0.4, 0.5) is 4.39 Å². The summed E-state index contributed by atoms with van der Waals surface area (Å²) in [5, 5.41) is 0. The second-order valence-electron chi connectivity index (χ2n) is 4.48. The zero-order valence-corrected chi connectivity index (χ0v) is 14.4. The van der Waals surface area contributed by atoms with Crippen molar-refractivity contribution in [1.29, 1.82) is 0 Å². The molecule has 0 radical (unpaired) electrons. The number of carbonyl (C=O) groups is 1. The van der Waals surface area contributed by atoms with Gasteiger partial charge in [-0.05, 0) is 42.0 Å². The maximum atomic E-state index is 13.7. The molecule has 0 N–H and O–H groups in total. The second kappa shape index (κ2) is 7.40. The fraction of sp³-hybridized carbons (Fsp3) is 0.429. The highest BCUT2D eigenvalue weighted by Gasteiger charge is 2.13. The van der Waals surface area contributed by atoms with E-state index in [-0.39, 0.29) is 17.7 Å². The zero-order chi connectivity index (χ0) is 15.4. The van der Waals surface area contributed by atoms with Crippen LogP contribution >= 0.6 is 34.2 Å². The number of ether oxygens (including phenoxy) is 1. The van der Waals surface area contributed by atoms with Crippen molar-refractivity contribution < 1.29 is 13.9 Å². The molecule has 2 rings (SSSR count). The lowest BCUT2D eigenvalue weighted by molar-refractivity contribution is -0.143. The first-order valence-electron chi connectivity index (χ1n) is 6.62. The molecule has 4 nitrogen and oxygen atoms in total. The minimum absolute atomic E-state index is 0.227. The Bertz CT molecular complexity index is 660. The highest BCUT2D eigenvalue weighted by atomic mass is 127. The summed E-state index contributed by atoms with van der Waals surface area (Å²) in [5.41, 5.74) is 1.42. The van der Waals surface area contributed by atoms with E-state index in [2.05, 4.69) is 4.98 Å². The molecule has 1 heterocycles. The van der Waals surface area contributed by atoms with Gasteiger partial charge in [-0.1, -0.05) is 0 Å². The van der Waals surface area contributed by atoms with Crippen LogP contribution in [-0.2, 0) is 22.0 Å². The predicted octanol–water partition coefficient (Wildman–Crippen LogP) is 3.86. The standard InChI is InChI=1S/C14H15ClFIN2O2/c1-2-21-14(20)4-3-5-19-12-6-9(16)10(17)7-11(12)18-13(19)8-15/h6-7H,2-5,8H2,1H3. The summed E-state index contributed by atoms with van der Waals surface area (Å²) in [5.74, 6) is 0.412. The van der Waals surface area contributed by atoms with E-state index in [1.165, 1.54) is 6.07 Å². The van der Waals surface area contributed by atoms with Gasteiger partial charge >= 0.3 is 5.97 Å². The van der Waals surface area contributed by atoms with Gasteiger partial charge in [0.05, 0.1) is 27.1 Å². The summed E-state index contributed by atoms with van der Waals surface area (Å²) in [6, 6.07) is 3.16. The summed E-state index contributed by atoms with van der Waals surface area (Å²) in [4.78, 5) is 15.8. The van der Waals surface area contributed by atoms with Crippen LogP contribution in [-0.4, -0.2) is 22.1 Å². The summed E-state index contributed by atoms with van der Waals surface area (Å²) >= 11 is 7.84. The van der Waals surface area contributed by atoms with Crippen molar-refractivity contribution in [1.82, 2.24) is 9.55 Å². The van der Waals surface area contributed by atoms with Gasteiger partial charge in [0.1, 0.15) is 11.6 Å². The number of nitrogens with zero attached hydrogens (tertiary/aromatic N) is 2. The van der Waals surface area contributed by atoms with Gasteiger partial charge in [-0.25, -0.2) is 9.37 Å². The Balaban J connectivity index is 2.21. The molecule has 0 saturated carbocycles. The molecular weight excluding hydrogens is 410 g/mol. The molecule has 0 aliphatic heterocycles. The van der Waals surface area contributed by atoms with Crippen molar-refractivity contribution in [3.8, 4) is 0 Å². The third-order valence-electron chi connectivity index (χ3n) is 3.06. The average molecular weight is 425 g/mol. The Morgan fingerprint density at radius 3 is 2.95 bits per heavy atom. The normalized spacial score (nSPS) is 11.0. The maximum absolute atomic E-state index is 13.7. The van der Waals surface area contributed by atoms with E-state index in [9.17, 15) is 9.18 Å². The van der Waals surface area contributed by atoms with Crippen molar-refractivity contribution in [2.24, 2.45) is 0 Å². The SMILES string of the molecule is CCOC(=O)CCCn1c(CCl)nc2cc(I)c(F)cc21. The van der Waals surface area contributed by atoms with Crippen LogP contribution in [0.3, 0.4) is 0 Å². The zero-order valence-electron chi connectivity index (χ0n) is 11.5. The van der Waals surface area contributed by atoms with Gasteiger partial charge in [0.2, 0.25) is 0 Å². The Morgan fingerprint density at radius 1 is 1.52 bits per heavy atom. The number of aromatic nitrogens is 2. The number of hydrogen-bond acceptors (Lipinski definition) is 3. The number of rotatable bonds is 6. The number of esters is 1. The predicted molar refractivity (Wildman–Crippen MR) is 87.8 cm³/mol. The van der Waals surface area contributed by atoms with Gasteiger partial charge in [0, 0.05) is 19.0 Å². The van der Waals surface area contributed by atoms with E-state index < -0.39 is 0 Å². The van der Waals surface area contributed by atoms with Crippen molar-refractivity contribution in [2.75, 3.05) is 6.61 Å². The largest absolute Gasteiger partial charge is 0.466 e. The molecule has 0 unspecified atom stereocenters. The first kappa shape index (κ1) is 16.5. The molecule has 0 bridgehead atoms. The van der Waals surface area contributed by atoms with E-state index in [4.69, 9.17) is 16.3 Å². The van der Waals surface area contributed by atoms with Crippen LogP contribution < -0.4 is 0 Å². The second-order valence-corrected chi connectivity index (χ2v) is 5.91. The van der Waals surface area contributed by atoms with Crippen LogP contribution in [0.5, 0.6) is 0 Å². The maximum Gasteiger partial charge on any atom is 0.305 e. The fourth-order valence-electron chi connectivity index (χ4n) is 2.14. The number of hydrogen-bond donors (Lipinski definition) is 0. The topological polar surface area (TPSA) is 44.1 Å². The molecule has 0 fully saturated rings. The molecule has 0 aliphatic rings. The monoisotopic (exact) mass is 424 g/mol. The van der Waals surface area contributed by atoms with Gasteiger partial charge in [0.15, 0.2) is 0 Å². The number of aryl methyl sites for hydroxylation is 1. The Kier molecular flexibility index (Phi) is 5.80. The summed E-state index contributed by atoms with van der Waals surface area (Å²) in [6.45, 7) is 2.71. The molecule has 21 heavy (non-hydrogen) atoms. The van der Waals surface area contributed by atoms with Crippen molar-refractivity contribution in [3.05, 3.63) is 27.3 Å². The first-order chi connectivity index (χ1) is 10.1. The van der Waals surface area contributed by atoms with E-state index in [1.807, 2.05) is 27.2 Å². The van der Waals surface area contributed by atoms with Crippen LogP contribution in [0.1, 0.15) is 25.6 Å². The van der Waals surface area contributed by atoms with Crippen molar-refractivity contribution in [3.63, 3.8) is 0 Å². The number of halogens is 3. The molecule has 7 heteroatoms. The van der Waals surface area contributed by atoms with Gasteiger partial charge in [-0.3, -0.25) is 4.79 Å². The third kappa shape index (κ3) is 3.85. The highest BCUT2D eigenvalue weighted by molar-refractivity contribution is 14.1. The molecule has 0 amide bonds. The number of benzene rings is 1. The summed E-state index contributed by atoms with van der Waals surface area (Å²) in [7, 11) is 0. The van der Waals surface area contributed by atoms with Crippen molar-refractivity contribution in [2.45, 2.75) is 32.2 Å². The van der Waals surface area contributed by atoms with Crippen molar-refractivity contribution >= 4 is 51.2 Å². The molecule has 0 saturated heterocycles. The quantitative estimate of drug-likeness (QED) is 0.402. The van der Waals surface area contributed by atoms with Crippen LogP contribution in [0.2, 0.25) is 0 Å². The van der Waals surface area contributed by atoms with E-state index in [0.29, 0.717) is 46.4 Å². The minimum Gasteiger partial charge on any atom is -0.466 e. The smallest absolute Gasteiger partial charge is 0.305 e. The van der Waals surface area contributed by atoms with Gasteiger partial charge in [-0.15, -0.1) is 11.6 Å². The van der Waals surface area contributed by atoms with E-state index in [1.54, 1.807) is 13.0 Å². The third-order valence-corrected chi connectivity index (χ3v) is 4.12. The number of imidazole rings is 1. The molecular formula is C14H15ClFIN2O2. The molecule has 1 aromatic carbocycles. The number of carbonyl (C=O) groups excluding carboxylic acids is 1. The lowest BCUT2D eigenvalue weighted by Gasteiger charge is -2.08. The van der Waals surface area contributed by atoms with Crippen LogP contribution in [0, 0.1) is 9.39 Å². The summed E-state index contributed by atoms with van der Waals surface area (Å²) in [6.07, 6.45) is 0.921. The molecule has 0 aliphatic carbocycles. The Labute approximate surface area is 140 Å². The molecule has 0 spiro atoms. The average Bonchev–Trinajstić information content (AvgIpc) is 2.77. The highest BCUT2D eigenvalue weighted by Crippen LogP contribution is 2.23. The van der Waals surface area contributed by atoms with Crippen LogP contribution in [0.25, 0.3) is 11.0 Å². The van der Waals surface area contributed by atoms with Crippen LogP contribution in [0.15, 0.2) is 12.1 Å². The minimum atomic E-state index is -0.282. The lowest BCUT2D eigenvalue weighted by Crippen LogP contribution is -2.08. The fourth-order valence-corrected chi connectivity index (χ4v) is 2.79. The van der Waals surface area contributed by atoms with E-state index in [0.717, 1.165) is 0 Å². The Morgan fingerprint density at radius 2 is 2.29 bits per heavy atom. The van der Waals surface area contributed by atoms with Gasteiger partial charge < -0.3 is 9.30 Å². The molecule has 0 atom stereocenters. The number of alkyl halides is 1.